The highest BCUT2D eigenvalue weighted by molar-refractivity contribution is 5.76. The minimum absolute atomic E-state index is 0.226. The molecule has 104 heavy (non-hydrogen) atoms. The molecule has 0 radical (unpaired) electrons. The van der Waals surface area contributed by atoms with E-state index in [4.69, 9.17) is 28.4 Å². The molecule has 3 saturated heterocycles. The van der Waals surface area contributed by atoms with E-state index in [0.717, 1.165) is 96.3 Å². The summed E-state index contributed by atoms with van der Waals surface area (Å²) < 4.78 is 34.4. The van der Waals surface area contributed by atoms with Gasteiger partial charge in [-0.2, -0.15) is 0 Å². The van der Waals surface area contributed by atoms with E-state index < -0.39 is 124 Å². The van der Waals surface area contributed by atoms with Gasteiger partial charge in [-0.25, -0.2) is 0 Å². The number of unbranched alkanes of at least 4 members (excludes halogenated alkanes) is 32. The molecule has 1 amide bonds. The molecule has 0 aromatic rings. The number of amides is 1. The Bertz CT molecular complexity index is 2300. The van der Waals surface area contributed by atoms with Gasteiger partial charge in [-0.05, 0) is 89.9 Å². The first-order valence-electron chi connectivity index (χ1n) is 41.1. The second kappa shape index (κ2) is 64.3. The monoisotopic (exact) mass is 1470 g/mol. The van der Waals surface area contributed by atoms with E-state index in [1.807, 2.05) is 6.08 Å². The van der Waals surface area contributed by atoms with E-state index in [-0.39, 0.29) is 18.9 Å². The molecule has 3 fully saturated rings. The molecule has 3 aliphatic rings. The number of hydrogen-bond acceptors (Lipinski definition) is 18. The fourth-order valence-corrected chi connectivity index (χ4v) is 13.2. The van der Waals surface area contributed by atoms with Crippen molar-refractivity contribution in [3.63, 3.8) is 0 Å². The first-order chi connectivity index (χ1) is 50.8. The Hall–Kier alpha value is -3.55. The zero-order chi connectivity index (χ0) is 75.3. The van der Waals surface area contributed by atoms with Crippen LogP contribution in [-0.4, -0.2) is 193 Å². The molecule has 0 spiro atoms. The molecule has 19 heteroatoms. The summed E-state index contributed by atoms with van der Waals surface area (Å²) in [6, 6.07) is -1.00. The molecule has 600 valence electrons. The molecule has 0 bridgehead atoms. The van der Waals surface area contributed by atoms with Crippen molar-refractivity contribution in [2.75, 3.05) is 26.4 Å². The maximum atomic E-state index is 13.5. The highest BCUT2D eigenvalue weighted by atomic mass is 16.8. The lowest BCUT2D eigenvalue weighted by atomic mass is 9.96. The number of aliphatic hydroxyl groups is 11. The third-order valence-corrected chi connectivity index (χ3v) is 19.8. The van der Waals surface area contributed by atoms with Crippen LogP contribution in [0.2, 0.25) is 0 Å². The van der Waals surface area contributed by atoms with Gasteiger partial charge in [0.2, 0.25) is 5.91 Å². The molecule has 0 aromatic heterocycles. The van der Waals surface area contributed by atoms with Gasteiger partial charge in [-0.1, -0.05) is 303 Å². The van der Waals surface area contributed by atoms with E-state index in [9.17, 15) is 61.0 Å². The van der Waals surface area contributed by atoms with E-state index in [1.165, 1.54) is 161 Å². The van der Waals surface area contributed by atoms with Gasteiger partial charge in [0.25, 0.3) is 0 Å². The molecular formula is C85H147NO18. The number of ether oxygens (including phenoxy) is 6. The third-order valence-electron chi connectivity index (χ3n) is 19.8. The number of allylic oxidation sites excluding steroid dienone is 17. The summed E-state index contributed by atoms with van der Waals surface area (Å²) in [5, 5.41) is 121. The van der Waals surface area contributed by atoms with Crippen molar-refractivity contribution in [3.8, 4) is 0 Å². The maximum Gasteiger partial charge on any atom is 0.220 e. The highest BCUT2D eigenvalue weighted by Gasteiger charge is 2.54. The minimum Gasteiger partial charge on any atom is -0.394 e. The normalized spacial score (nSPS) is 26.5. The van der Waals surface area contributed by atoms with E-state index in [2.05, 4.69) is 116 Å². The largest absolute Gasteiger partial charge is 0.394 e. The van der Waals surface area contributed by atoms with Gasteiger partial charge in [0.15, 0.2) is 18.9 Å². The Morgan fingerprint density at radius 3 is 1.08 bits per heavy atom. The minimum atomic E-state index is -1.99. The van der Waals surface area contributed by atoms with Crippen LogP contribution in [0.4, 0.5) is 0 Å². The Morgan fingerprint density at radius 2 is 0.673 bits per heavy atom. The summed E-state index contributed by atoms with van der Waals surface area (Å²) in [6.45, 7) is 1.62. The van der Waals surface area contributed by atoms with Crippen molar-refractivity contribution in [2.24, 2.45) is 0 Å². The molecule has 3 rings (SSSR count). The first-order valence-corrected chi connectivity index (χ1v) is 41.1. The smallest absolute Gasteiger partial charge is 0.220 e. The van der Waals surface area contributed by atoms with Crippen molar-refractivity contribution in [2.45, 2.75) is 394 Å². The van der Waals surface area contributed by atoms with Crippen molar-refractivity contribution in [3.05, 3.63) is 109 Å². The molecule has 17 atom stereocenters. The standard InChI is InChI=1S/C85H147NO18/c1-3-5-7-9-11-13-15-17-19-21-23-25-27-29-31-32-33-34-35-36-37-39-41-43-45-47-49-51-53-55-57-59-61-63-73(91)86-68(69(90)62-60-58-56-54-52-50-48-46-44-42-40-38-30-28-26-24-22-20-18-16-14-12-10-8-6-4-2)67-99-83-79(97)76(94)81(71(65-88)101-83)104-85-80(98)77(95)82(72(66-89)102-85)103-84-78(96)75(93)74(92)70(64-87)100-84/h5,7,11,13,17,19,23,25,29,31,33-34,36-37,52,54,60,62,68-72,74-85,87-90,92-98H,3-4,6,8-10,12,14-16,18,20-22,24,26-28,30,32,35,38-51,53,55-59,61,63-67H2,1-2H3,(H,86,91)/b7-5-,13-11-,19-17-,25-23-,31-29-,34-33-,37-36-,54-52+,62-60+. The number of nitrogens with one attached hydrogen (secondary N) is 1. The van der Waals surface area contributed by atoms with Crippen LogP contribution in [0.5, 0.6) is 0 Å². The second-order valence-electron chi connectivity index (χ2n) is 28.8. The highest BCUT2D eigenvalue weighted by Crippen LogP contribution is 2.33. The summed E-state index contributed by atoms with van der Waals surface area (Å²) in [6.07, 6.45) is 62.1. The van der Waals surface area contributed by atoms with Crippen LogP contribution in [0.3, 0.4) is 0 Å². The summed E-state index contributed by atoms with van der Waals surface area (Å²) >= 11 is 0. The summed E-state index contributed by atoms with van der Waals surface area (Å²) in [4.78, 5) is 13.5. The van der Waals surface area contributed by atoms with Crippen LogP contribution in [0.1, 0.15) is 290 Å². The molecule has 3 heterocycles. The van der Waals surface area contributed by atoms with Crippen molar-refractivity contribution in [1.82, 2.24) is 5.32 Å². The Kier molecular flexibility index (Phi) is 58.5. The third kappa shape index (κ3) is 43.6. The predicted octanol–water partition coefficient (Wildman–Crippen LogP) is 14.1. The van der Waals surface area contributed by atoms with Gasteiger partial charge >= 0.3 is 0 Å². The molecule has 17 unspecified atom stereocenters. The molecule has 0 saturated carbocycles. The molecule has 19 nitrogen and oxygen atoms in total. The van der Waals surface area contributed by atoms with Crippen LogP contribution < -0.4 is 5.32 Å². The summed E-state index contributed by atoms with van der Waals surface area (Å²) in [7, 11) is 0. The maximum absolute atomic E-state index is 13.5. The number of carbonyl (C=O) groups excluding carboxylic acids is 1. The Labute approximate surface area is 627 Å². The number of rotatable bonds is 64. The fourth-order valence-electron chi connectivity index (χ4n) is 13.2. The number of carbonyl (C=O) groups is 1. The van der Waals surface area contributed by atoms with Crippen molar-refractivity contribution in [1.29, 1.82) is 0 Å². The van der Waals surface area contributed by atoms with Crippen molar-refractivity contribution < 1.29 is 89.4 Å². The number of hydrogen-bond donors (Lipinski definition) is 12. The van der Waals surface area contributed by atoms with Crippen LogP contribution >= 0.6 is 0 Å². The quantitative estimate of drug-likeness (QED) is 0.0199. The second-order valence-corrected chi connectivity index (χ2v) is 28.8. The summed E-state index contributed by atoms with van der Waals surface area (Å²) in [5.41, 5.74) is 0. The van der Waals surface area contributed by atoms with E-state index >= 15 is 0 Å². The van der Waals surface area contributed by atoms with E-state index in [0.29, 0.717) is 12.8 Å². The molecule has 0 aromatic carbocycles. The van der Waals surface area contributed by atoms with Gasteiger partial charge in [0.05, 0.1) is 38.6 Å². The van der Waals surface area contributed by atoms with Gasteiger partial charge in [0, 0.05) is 6.42 Å². The van der Waals surface area contributed by atoms with Crippen LogP contribution in [-0.2, 0) is 33.2 Å². The average Bonchev–Trinajstić information content (AvgIpc) is 0.783. The lowest BCUT2D eigenvalue weighted by molar-refractivity contribution is -0.379. The van der Waals surface area contributed by atoms with Crippen LogP contribution in [0.25, 0.3) is 0 Å². The zero-order valence-corrected chi connectivity index (χ0v) is 64.2. The van der Waals surface area contributed by atoms with Gasteiger partial charge in [-0.3, -0.25) is 4.79 Å². The topological polar surface area (TPSA) is 307 Å². The molecule has 0 aliphatic carbocycles. The van der Waals surface area contributed by atoms with Crippen LogP contribution in [0, 0.1) is 0 Å². The van der Waals surface area contributed by atoms with Crippen molar-refractivity contribution >= 4 is 5.91 Å². The van der Waals surface area contributed by atoms with Gasteiger partial charge in [-0.15, -0.1) is 0 Å². The van der Waals surface area contributed by atoms with Crippen LogP contribution in [0.15, 0.2) is 109 Å². The Morgan fingerprint density at radius 1 is 0.356 bits per heavy atom. The predicted molar refractivity (Wildman–Crippen MR) is 415 cm³/mol. The lowest BCUT2D eigenvalue weighted by Gasteiger charge is -2.48. The van der Waals surface area contributed by atoms with Gasteiger partial charge < -0.3 is 89.9 Å². The van der Waals surface area contributed by atoms with Gasteiger partial charge in [0.1, 0.15) is 73.2 Å². The fraction of sp³-hybridized carbons (Fsp3) is 0.776. The summed E-state index contributed by atoms with van der Waals surface area (Å²) in [5.74, 6) is -0.290. The zero-order valence-electron chi connectivity index (χ0n) is 64.2. The lowest BCUT2D eigenvalue weighted by Crippen LogP contribution is -2.66. The first kappa shape index (κ1) is 94.7. The molecule has 3 aliphatic heterocycles. The SMILES string of the molecule is CC/C=C\C/C=C\C/C=C\C/C=C\C/C=C\C/C=C\C/C=C\CCCCCCCCCCCCCC(=O)NC(COC1OC(CO)C(OC2OC(CO)C(OC3OC(CO)C(O)C(O)C3O)C(O)C2O)C(O)C1O)C(O)/C=C/CC/C=C/CCCCCCCCCCCCCCCCCCCCCC. The Balaban J connectivity index is 1.38. The molecular weight excluding hydrogens is 1320 g/mol. The number of aliphatic hydroxyl groups excluding tert-OH is 11. The molecule has 12 N–H and O–H groups in total. The van der Waals surface area contributed by atoms with E-state index in [1.54, 1.807) is 6.08 Å². The average molecular weight is 1470 g/mol.